The number of benzene rings is 1. The maximum absolute atomic E-state index is 13.1. The molecule has 1 aromatic carbocycles. The third-order valence-electron chi connectivity index (χ3n) is 6.17. The molecule has 192 valence electrons. The van der Waals surface area contributed by atoms with E-state index in [9.17, 15) is 13.6 Å². The topological polar surface area (TPSA) is 93.9 Å². The summed E-state index contributed by atoms with van der Waals surface area (Å²) in [6.45, 7) is 2.95. The smallest absolute Gasteiger partial charge is 0.387 e. The van der Waals surface area contributed by atoms with Crippen LogP contribution in [0.25, 0.3) is 16.8 Å². The Balaban J connectivity index is 1.56. The number of halogens is 2. The lowest BCUT2D eigenvalue weighted by atomic mass is 10.0. The zero-order valence-electron chi connectivity index (χ0n) is 20.4. The minimum absolute atomic E-state index is 0.0196. The molecule has 37 heavy (non-hydrogen) atoms. The number of nitrogens with one attached hydrogen (secondary N) is 1. The summed E-state index contributed by atoms with van der Waals surface area (Å²) in [5.41, 5.74) is 3.94. The Morgan fingerprint density at radius 3 is 2.51 bits per heavy atom. The first-order valence-electron chi connectivity index (χ1n) is 11.9. The van der Waals surface area contributed by atoms with Gasteiger partial charge in [0.25, 0.3) is 0 Å². The van der Waals surface area contributed by atoms with Crippen molar-refractivity contribution < 1.29 is 23.0 Å². The van der Waals surface area contributed by atoms with Crippen LogP contribution in [0.15, 0.2) is 55.0 Å². The molecule has 1 aliphatic rings. The first-order chi connectivity index (χ1) is 17.9. The van der Waals surface area contributed by atoms with E-state index >= 15 is 0 Å². The van der Waals surface area contributed by atoms with Crippen LogP contribution in [0.5, 0.6) is 5.75 Å². The maximum Gasteiger partial charge on any atom is 0.387 e. The van der Waals surface area contributed by atoms with Crippen molar-refractivity contribution in [2.24, 2.45) is 0 Å². The molecule has 0 saturated carbocycles. The van der Waals surface area contributed by atoms with Crippen LogP contribution in [0.4, 0.5) is 14.7 Å². The van der Waals surface area contributed by atoms with Crippen molar-refractivity contribution in [1.29, 1.82) is 0 Å². The molecule has 1 fully saturated rings. The molecule has 1 saturated heterocycles. The van der Waals surface area contributed by atoms with E-state index in [4.69, 9.17) is 9.47 Å². The number of alkyl halides is 2. The summed E-state index contributed by atoms with van der Waals surface area (Å²) in [5, 5.41) is 2.88. The molecule has 11 heteroatoms. The van der Waals surface area contributed by atoms with Gasteiger partial charge in [0.15, 0.2) is 0 Å². The van der Waals surface area contributed by atoms with Crippen LogP contribution < -0.4 is 15.0 Å². The number of aromatic nitrogens is 4. The standard InChI is InChI=1S/C26H26F2N6O3/c1-16-24(23(32-17(2)35)20-5-3-4-6-21(20)37-25(27)28)34-15-18(7-8-22(34)31-16)19-13-29-26(30-14-19)33-9-11-36-12-10-33/h3-8,13-15,23,25H,9-12H2,1-2H3,(H,32,35). The van der Waals surface area contributed by atoms with Gasteiger partial charge >= 0.3 is 6.61 Å². The number of fused-ring (bicyclic) bond motifs is 1. The number of para-hydroxylation sites is 1. The quantitative estimate of drug-likeness (QED) is 0.406. The number of amides is 1. The molecule has 1 aliphatic heterocycles. The zero-order valence-corrected chi connectivity index (χ0v) is 20.4. The molecule has 0 spiro atoms. The lowest BCUT2D eigenvalue weighted by Crippen LogP contribution is -2.37. The number of carbonyl (C=O) groups excluding carboxylic acids is 1. The van der Waals surface area contributed by atoms with Gasteiger partial charge in [-0.15, -0.1) is 0 Å². The molecular weight excluding hydrogens is 482 g/mol. The number of hydrogen-bond acceptors (Lipinski definition) is 7. The van der Waals surface area contributed by atoms with Gasteiger partial charge in [-0.2, -0.15) is 8.78 Å². The molecule has 4 heterocycles. The van der Waals surface area contributed by atoms with Gasteiger partial charge in [-0.3, -0.25) is 4.79 Å². The van der Waals surface area contributed by atoms with Gasteiger partial charge in [0.05, 0.1) is 24.6 Å². The van der Waals surface area contributed by atoms with Gasteiger partial charge in [0.1, 0.15) is 17.4 Å². The molecule has 1 N–H and O–H groups in total. The van der Waals surface area contributed by atoms with Gasteiger partial charge < -0.3 is 24.1 Å². The Hall–Kier alpha value is -4.12. The second-order valence-corrected chi connectivity index (χ2v) is 8.65. The van der Waals surface area contributed by atoms with Gasteiger partial charge in [-0.05, 0) is 25.1 Å². The molecule has 9 nitrogen and oxygen atoms in total. The second kappa shape index (κ2) is 10.5. The lowest BCUT2D eigenvalue weighted by molar-refractivity contribution is -0.119. The van der Waals surface area contributed by atoms with Crippen molar-refractivity contribution in [1.82, 2.24) is 24.7 Å². The predicted molar refractivity (Wildman–Crippen MR) is 133 cm³/mol. The minimum Gasteiger partial charge on any atom is -0.434 e. The van der Waals surface area contributed by atoms with E-state index in [0.717, 1.165) is 24.2 Å². The molecule has 0 radical (unpaired) electrons. The van der Waals surface area contributed by atoms with Crippen molar-refractivity contribution in [3.05, 3.63) is 71.9 Å². The lowest BCUT2D eigenvalue weighted by Gasteiger charge is -2.26. The molecule has 5 rings (SSSR count). The summed E-state index contributed by atoms with van der Waals surface area (Å²) < 4.78 is 38.3. The molecule has 3 aromatic heterocycles. The Morgan fingerprint density at radius 2 is 1.81 bits per heavy atom. The Kier molecular flexibility index (Phi) is 6.95. The third kappa shape index (κ3) is 5.21. The van der Waals surface area contributed by atoms with Crippen molar-refractivity contribution in [2.75, 3.05) is 31.2 Å². The van der Waals surface area contributed by atoms with E-state index in [2.05, 4.69) is 25.2 Å². The van der Waals surface area contributed by atoms with Crippen LogP contribution in [0.3, 0.4) is 0 Å². The highest BCUT2D eigenvalue weighted by atomic mass is 19.3. The van der Waals surface area contributed by atoms with Crippen LogP contribution in [0.2, 0.25) is 0 Å². The second-order valence-electron chi connectivity index (χ2n) is 8.65. The van der Waals surface area contributed by atoms with E-state index in [1.807, 2.05) is 29.7 Å². The van der Waals surface area contributed by atoms with Crippen LogP contribution in [0.1, 0.15) is 29.9 Å². The van der Waals surface area contributed by atoms with Gasteiger partial charge in [0, 0.05) is 55.3 Å². The number of morpholine rings is 1. The average molecular weight is 509 g/mol. The van der Waals surface area contributed by atoms with Crippen molar-refractivity contribution >= 4 is 17.5 Å². The number of pyridine rings is 1. The average Bonchev–Trinajstić information content (AvgIpc) is 3.22. The van der Waals surface area contributed by atoms with Crippen LogP contribution in [-0.4, -0.2) is 58.2 Å². The highest BCUT2D eigenvalue weighted by molar-refractivity contribution is 5.74. The van der Waals surface area contributed by atoms with E-state index in [1.165, 1.54) is 13.0 Å². The van der Waals surface area contributed by atoms with Crippen LogP contribution >= 0.6 is 0 Å². The van der Waals surface area contributed by atoms with Crippen molar-refractivity contribution in [3.8, 4) is 16.9 Å². The third-order valence-corrected chi connectivity index (χ3v) is 6.17. The Morgan fingerprint density at radius 1 is 1.08 bits per heavy atom. The zero-order chi connectivity index (χ0) is 25.9. The Labute approximate surface area is 212 Å². The maximum atomic E-state index is 13.1. The number of imidazole rings is 1. The van der Waals surface area contributed by atoms with Crippen LogP contribution in [-0.2, 0) is 9.53 Å². The van der Waals surface area contributed by atoms with Gasteiger partial charge in [0.2, 0.25) is 11.9 Å². The Bertz CT molecular complexity index is 1400. The van der Waals surface area contributed by atoms with Crippen LogP contribution in [0, 0.1) is 6.92 Å². The highest BCUT2D eigenvalue weighted by Gasteiger charge is 2.26. The molecule has 1 amide bonds. The fourth-order valence-corrected chi connectivity index (χ4v) is 4.52. The molecular formula is C26H26F2N6O3. The summed E-state index contributed by atoms with van der Waals surface area (Å²) in [5.74, 6) is 0.303. The van der Waals surface area contributed by atoms with E-state index in [-0.39, 0.29) is 11.7 Å². The molecule has 0 bridgehead atoms. The van der Waals surface area contributed by atoms with E-state index in [1.54, 1.807) is 30.6 Å². The predicted octanol–water partition coefficient (Wildman–Crippen LogP) is 3.76. The summed E-state index contributed by atoms with van der Waals surface area (Å²) in [7, 11) is 0. The first-order valence-corrected chi connectivity index (χ1v) is 11.9. The molecule has 1 atom stereocenters. The summed E-state index contributed by atoms with van der Waals surface area (Å²) >= 11 is 0. The number of hydrogen-bond donors (Lipinski definition) is 1. The largest absolute Gasteiger partial charge is 0.434 e. The number of carbonyl (C=O) groups is 1. The minimum atomic E-state index is -3.01. The summed E-state index contributed by atoms with van der Waals surface area (Å²) in [6.07, 6.45) is 5.40. The normalized spacial score (nSPS) is 14.7. The molecule has 1 unspecified atom stereocenters. The number of rotatable bonds is 7. The molecule has 4 aromatic rings. The van der Waals surface area contributed by atoms with E-state index < -0.39 is 12.7 Å². The van der Waals surface area contributed by atoms with Crippen molar-refractivity contribution in [2.45, 2.75) is 26.5 Å². The fraction of sp³-hybridized carbons (Fsp3) is 0.308. The number of nitrogens with zero attached hydrogens (tertiary/aromatic N) is 5. The monoisotopic (exact) mass is 508 g/mol. The van der Waals surface area contributed by atoms with Crippen molar-refractivity contribution in [3.63, 3.8) is 0 Å². The number of aryl methyl sites for hydroxylation is 1. The highest BCUT2D eigenvalue weighted by Crippen LogP contribution is 2.34. The summed E-state index contributed by atoms with van der Waals surface area (Å²) in [6, 6.07) is 9.41. The number of ether oxygens (including phenoxy) is 2. The number of anilines is 1. The van der Waals surface area contributed by atoms with Gasteiger partial charge in [-0.25, -0.2) is 15.0 Å². The molecule has 0 aliphatic carbocycles. The van der Waals surface area contributed by atoms with Gasteiger partial charge in [-0.1, -0.05) is 18.2 Å². The first kappa shape index (κ1) is 24.6. The SMILES string of the molecule is CC(=O)NC(c1ccccc1OC(F)F)c1c(C)nc2ccc(-c3cnc(N4CCOCC4)nc3)cn12. The summed E-state index contributed by atoms with van der Waals surface area (Å²) in [4.78, 5) is 28.0. The van der Waals surface area contributed by atoms with E-state index in [0.29, 0.717) is 41.8 Å². The fourth-order valence-electron chi connectivity index (χ4n) is 4.52.